The third kappa shape index (κ3) is 3.43. The van der Waals surface area contributed by atoms with E-state index in [-0.39, 0.29) is 12.2 Å². The molecule has 0 spiro atoms. The highest BCUT2D eigenvalue weighted by Crippen LogP contribution is 2.12. The first-order valence-electron chi connectivity index (χ1n) is 4.35. The van der Waals surface area contributed by atoms with Crippen molar-refractivity contribution in [2.45, 2.75) is 19.8 Å². The van der Waals surface area contributed by atoms with Crippen molar-refractivity contribution in [2.75, 3.05) is 0 Å². The topological polar surface area (TPSA) is 35.5 Å². The molecule has 0 saturated heterocycles. The summed E-state index contributed by atoms with van der Waals surface area (Å²) < 4.78 is 12.6. The molecule has 0 fully saturated rings. The van der Waals surface area contributed by atoms with Crippen molar-refractivity contribution in [1.29, 1.82) is 0 Å². The zero-order valence-electron chi connectivity index (χ0n) is 7.83. The van der Waals surface area contributed by atoms with Gasteiger partial charge in [0.1, 0.15) is 5.82 Å². The van der Waals surface area contributed by atoms with Crippen LogP contribution in [0, 0.1) is 5.82 Å². The lowest BCUT2D eigenvalue weighted by atomic mass is 10.3. The molecular formula is C10H11FO3. The number of halogens is 1. The summed E-state index contributed by atoms with van der Waals surface area (Å²) >= 11 is 0. The average molecular weight is 198 g/mol. The van der Waals surface area contributed by atoms with E-state index in [2.05, 4.69) is 9.78 Å². The molecule has 0 aliphatic rings. The maximum absolute atomic E-state index is 12.6. The predicted molar refractivity (Wildman–Crippen MR) is 48.0 cm³/mol. The summed E-state index contributed by atoms with van der Waals surface area (Å²) in [4.78, 5) is 19.9. The van der Waals surface area contributed by atoms with Gasteiger partial charge < -0.3 is 0 Å². The van der Waals surface area contributed by atoms with E-state index in [1.807, 2.05) is 6.92 Å². The lowest BCUT2D eigenvalue weighted by Crippen LogP contribution is -2.07. The Morgan fingerprint density at radius 3 is 2.93 bits per heavy atom. The number of carbonyl (C=O) groups is 1. The molecule has 0 heterocycles. The van der Waals surface area contributed by atoms with Gasteiger partial charge in [-0.3, -0.25) is 9.78 Å². The van der Waals surface area contributed by atoms with Gasteiger partial charge in [0, 0.05) is 12.5 Å². The van der Waals surface area contributed by atoms with E-state index >= 15 is 0 Å². The van der Waals surface area contributed by atoms with Gasteiger partial charge in [0.25, 0.3) is 0 Å². The molecule has 0 aliphatic carbocycles. The van der Waals surface area contributed by atoms with Crippen LogP contribution in [0.3, 0.4) is 0 Å². The summed E-state index contributed by atoms with van der Waals surface area (Å²) in [7, 11) is 0. The third-order valence-corrected chi connectivity index (χ3v) is 1.48. The van der Waals surface area contributed by atoms with Crippen LogP contribution in [0.15, 0.2) is 24.3 Å². The zero-order chi connectivity index (χ0) is 10.4. The molecule has 3 nitrogen and oxygen atoms in total. The first kappa shape index (κ1) is 10.5. The smallest absolute Gasteiger partial charge is 0.287 e. The fraction of sp³-hybridized carbons (Fsp3) is 0.300. The highest BCUT2D eigenvalue weighted by atomic mass is 19.1. The van der Waals surface area contributed by atoms with Gasteiger partial charge in [-0.25, -0.2) is 9.18 Å². The molecule has 1 aromatic carbocycles. The highest BCUT2D eigenvalue weighted by Gasteiger charge is 2.03. The zero-order valence-corrected chi connectivity index (χ0v) is 7.83. The number of hydrogen-bond acceptors (Lipinski definition) is 3. The van der Waals surface area contributed by atoms with Gasteiger partial charge in [-0.15, -0.1) is 0 Å². The summed E-state index contributed by atoms with van der Waals surface area (Å²) in [5, 5.41) is 0. The Bertz CT molecular complexity index is 312. The second-order valence-corrected chi connectivity index (χ2v) is 2.75. The molecule has 0 aliphatic heterocycles. The molecule has 1 aromatic rings. The maximum atomic E-state index is 12.6. The molecule has 0 unspecified atom stereocenters. The van der Waals surface area contributed by atoms with E-state index in [1.165, 1.54) is 18.2 Å². The summed E-state index contributed by atoms with van der Waals surface area (Å²) in [6.45, 7) is 1.85. The van der Waals surface area contributed by atoms with Crippen LogP contribution in [0.1, 0.15) is 19.8 Å². The lowest BCUT2D eigenvalue weighted by molar-refractivity contribution is -0.213. The minimum absolute atomic E-state index is 0.175. The molecule has 0 atom stereocenters. The van der Waals surface area contributed by atoms with Crippen LogP contribution in [0.2, 0.25) is 0 Å². The Hall–Kier alpha value is -1.58. The van der Waals surface area contributed by atoms with Crippen LogP contribution in [-0.2, 0) is 9.68 Å². The van der Waals surface area contributed by atoms with E-state index in [0.717, 1.165) is 6.07 Å². The van der Waals surface area contributed by atoms with Crippen molar-refractivity contribution in [3.05, 3.63) is 30.1 Å². The molecule has 0 saturated carbocycles. The molecule has 0 radical (unpaired) electrons. The quantitative estimate of drug-likeness (QED) is 0.550. The number of hydrogen-bond donors (Lipinski definition) is 0. The Morgan fingerprint density at radius 1 is 1.50 bits per heavy atom. The van der Waals surface area contributed by atoms with Gasteiger partial charge in [-0.1, -0.05) is 13.0 Å². The van der Waals surface area contributed by atoms with Crippen molar-refractivity contribution in [1.82, 2.24) is 0 Å². The Morgan fingerprint density at radius 2 is 2.29 bits per heavy atom. The second-order valence-electron chi connectivity index (χ2n) is 2.75. The Kier molecular flexibility index (Phi) is 3.91. The molecular weight excluding hydrogens is 187 g/mol. The van der Waals surface area contributed by atoms with Gasteiger partial charge in [0.05, 0.1) is 0 Å². The number of rotatable bonds is 4. The van der Waals surface area contributed by atoms with E-state index in [9.17, 15) is 9.18 Å². The van der Waals surface area contributed by atoms with Crippen LogP contribution >= 0.6 is 0 Å². The number of benzene rings is 1. The second kappa shape index (κ2) is 5.21. The van der Waals surface area contributed by atoms with Gasteiger partial charge in [-0.05, 0) is 18.6 Å². The number of carbonyl (C=O) groups excluding carboxylic acids is 1. The standard InChI is InChI=1S/C10H11FO3/c1-2-4-10(12)14-13-9-6-3-5-8(11)7-9/h3,5-7H,2,4H2,1H3. The molecule has 4 heteroatoms. The van der Waals surface area contributed by atoms with Crippen LogP contribution in [0.25, 0.3) is 0 Å². The van der Waals surface area contributed by atoms with Crippen LogP contribution in [0.5, 0.6) is 5.75 Å². The van der Waals surface area contributed by atoms with Crippen LogP contribution in [-0.4, -0.2) is 5.97 Å². The van der Waals surface area contributed by atoms with Crippen molar-refractivity contribution < 1.29 is 19.0 Å². The van der Waals surface area contributed by atoms with Crippen molar-refractivity contribution in [2.24, 2.45) is 0 Å². The average Bonchev–Trinajstić information content (AvgIpc) is 2.15. The fourth-order valence-electron chi connectivity index (χ4n) is 0.859. The van der Waals surface area contributed by atoms with Crippen LogP contribution in [0.4, 0.5) is 4.39 Å². The first-order valence-corrected chi connectivity index (χ1v) is 4.35. The highest BCUT2D eigenvalue weighted by molar-refractivity contribution is 5.68. The summed E-state index contributed by atoms with van der Waals surface area (Å²) in [6, 6.07) is 5.39. The maximum Gasteiger partial charge on any atom is 0.355 e. The Labute approximate surface area is 81.4 Å². The van der Waals surface area contributed by atoms with Gasteiger partial charge in [0.2, 0.25) is 0 Å². The first-order chi connectivity index (χ1) is 6.72. The van der Waals surface area contributed by atoms with E-state index in [4.69, 9.17) is 0 Å². The Balaban J connectivity index is 2.41. The van der Waals surface area contributed by atoms with Gasteiger partial charge in [0.15, 0.2) is 5.75 Å². The molecule has 76 valence electrons. The lowest BCUT2D eigenvalue weighted by Gasteiger charge is -2.02. The molecule has 0 amide bonds. The third-order valence-electron chi connectivity index (χ3n) is 1.48. The normalized spacial score (nSPS) is 9.57. The van der Waals surface area contributed by atoms with E-state index in [1.54, 1.807) is 0 Å². The summed E-state index contributed by atoms with van der Waals surface area (Å²) in [5.41, 5.74) is 0. The molecule has 0 bridgehead atoms. The van der Waals surface area contributed by atoms with E-state index < -0.39 is 11.8 Å². The molecule has 1 rings (SSSR count). The minimum Gasteiger partial charge on any atom is -0.287 e. The summed E-state index contributed by atoms with van der Waals surface area (Å²) in [6.07, 6.45) is 0.973. The summed E-state index contributed by atoms with van der Waals surface area (Å²) in [5.74, 6) is -0.722. The van der Waals surface area contributed by atoms with Crippen molar-refractivity contribution >= 4 is 5.97 Å². The minimum atomic E-state index is -0.461. The van der Waals surface area contributed by atoms with E-state index in [0.29, 0.717) is 6.42 Å². The molecule has 14 heavy (non-hydrogen) atoms. The SMILES string of the molecule is CCCC(=O)OOc1cccc(F)c1. The van der Waals surface area contributed by atoms with Crippen LogP contribution < -0.4 is 4.89 Å². The van der Waals surface area contributed by atoms with Gasteiger partial charge in [-0.2, -0.15) is 0 Å². The van der Waals surface area contributed by atoms with Gasteiger partial charge >= 0.3 is 5.97 Å². The fourth-order valence-corrected chi connectivity index (χ4v) is 0.859. The molecule has 0 N–H and O–H groups in total. The van der Waals surface area contributed by atoms with Crippen molar-refractivity contribution in [3.63, 3.8) is 0 Å². The molecule has 0 aromatic heterocycles. The predicted octanol–water partition coefficient (Wildman–Crippen LogP) is 2.46. The largest absolute Gasteiger partial charge is 0.355 e. The van der Waals surface area contributed by atoms with Crippen molar-refractivity contribution in [3.8, 4) is 5.75 Å². The monoisotopic (exact) mass is 198 g/mol.